The number of nitrogens with one attached hydrogen (secondary N) is 3. The fourth-order valence-corrected chi connectivity index (χ4v) is 1.90. The quantitative estimate of drug-likeness (QED) is 0.587. The monoisotopic (exact) mass is 289 g/mol. The molecule has 2 rings (SSSR count). The second-order valence-corrected chi connectivity index (χ2v) is 4.85. The molecule has 0 aliphatic carbocycles. The van der Waals surface area contributed by atoms with Crippen molar-refractivity contribution >= 4 is 17.7 Å². The minimum absolute atomic E-state index is 0.367. The molecule has 112 valence electrons. The van der Waals surface area contributed by atoms with E-state index in [4.69, 9.17) is 5.73 Å². The number of aliphatic hydroxyl groups is 1. The van der Waals surface area contributed by atoms with Crippen LogP contribution >= 0.6 is 0 Å². The number of rotatable bonds is 4. The summed E-state index contributed by atoms with van der Waals surface area (Å²) in [6, 6.07) is 8.24. The van der Waals surface area contributed by atoms with E-state index in [2.05, 4.69) is 20.8 Å². The lowest BCUT2D eigenvalue weighted by molar-refractivity contribution is 0.139. The van der Waals surface area contributed by atoms with Gasteiger partial charge in [-0.25, -0.2) is 4.79 Å². The zero-order valence-corrected chi connectivity index (χ0v) is 11.9. The molecule has 21 heavy (non-hydrogen) atoms. The van der Waals surface area contributed by atoms with Gasteiger partial charge in [-0.3, -0.25) is 10.4 Å². The van der Waals surface area contributed by atoms with Gasteiger partial charge in [-0.2, -0.15) is 5.10 Å². The number of aromatic nitrogens is 2. The predicted molar refractivity (Wildman–Crippen MR) is 80.8 cm³/mol. The van der Waals surface area contributed by atoms with Crippen LogP contribution in [0.2, 0.25) is 0 Å². The lowest BCUT2D eigenvalue weighted by Crippen LogP contribution is -2.39. The molecule has 0 aliphatic rings. The van der Waals surface area contributed by atoms with E-state index in [0.717, 1.165) is 5.56 Å². The van der Waals surface area contributed by atoms with Crippen LogP contribution in [0.5, 0.6) is 0 Å². The summed E-state index contributed by atoms with van der Waals surface area (Å²) in [6.45, 7) is 3.47. The first-order valence-electron chi connectivity index (χ1n) is 6.60. The van der Waals surface area contributed by atoms with Gasteiger partial charge < -0.3 is 16.2 Å². The van der Waals surface area contributed by atoms with E-state index >= 15 is 0 Å². The number of H-pyrrole nitrogens is 1. The Morgan fingerprint density at radius 1 is 1.38 bits per heavy atom. The average molecular weight is 289 g/mol. The van der Waals surface area contributed by atoms with Gasteiger partial charge in [0, 0.05) is 5.56 Å². The third-order valence-corrected chi connectivity index (χ3v) is 3.25. The summed E-state index contributed by atoms with van der Waals surface area (Å²) in [5, 5.41) is 21.9. The second-order valence-electron chi connectivity index (χ2n) is 4.85. The molecular weight excluding hydrogens is 270 g/mol. The van der Waals surface area contributed by atoms with Gasteiger partial charge in [-0.05, 0) is 19.4 Å². The molecule has 1 aromatic carbocycles. The highest BCUT2D eigenvalue weighted by molar-refractivity contribution is 5.89. The summed E-state index contributed by atoms with van der Waals surface area (Å²) in [5.74, 6) is 0.772. The highest BCUT2D eigenvalue weighted by Gasteiger charge is 2.19. The fourth-order valence-electron chi connectivity index (χ4n) is 1.90. The average Bonchev–Trinajstić information content (AvgIpc) is 2.79. The molecule has 0 fully saturated rings. The van der Waals surface area contributed by atoms with Gasteiger partial charge in [0.2, 0.25) is 0 Å². The summed E-state index contributed by atoms with van der Waals surface area (Å²) in [7, 11) is 0. The van der Waals surface area contributed by atoms with E-state index in [-0.39, 0.29) is 0 Å². The third kappa shape index (κ3) is 3.51. The number of aromatic amines is 1. The van der Waals surface area contributed by atoms with E-state index in [9.17, 15) is 9.90 Å². The van der Waals surface area contributed by atoms with Crippen LogP contribution in [0.1, 0.15) is 24.2 Å². The minimum atomic E-state index is -0.790. The van der Waals surface area contributed by atoms with Gasteiger partial charge in [0.1, 0.15) is 5.82 Å². The minimum Gasteiger partial charge on any atom is -0.386 e. The van der Waals surface area contributed by atoms with E-state index in [1.807, 2.05) is 18.2 Å². The first-order chi connectivity index (χ1) is 9.99. The number of benzene rings is 1. The van der Waals surface area contributed by atoms with Gasteiger partial charge in [-0.15, -0.1) is 0 Å². The normalized spacial score (nSPS) is 13.5. The number of amides is 2. The Kier molecular flexibility index (Phi) is 4.44. The van der Waals surface area contributed by atoms with Crippen LogP contribution in [0.4, 0.5) is 16.4 Å². The number of aliphatic hydroxyl groups excluding tert-OH is 1. The lowest BCUT2D eigenvalue weighted by atomic mass is 10.0. The van der Waals surface area contributed by atoms with Gasteiger partial charge >= 0.3 is 6.03 Å². The summed E-state index contributed by atoms with van der Waals surface area (Å²) in [4.78, 5) is 11.9. The van der Waals surface area contributed by atoms with Crippen molar-refractivity contribution in [2.75, 3.05) is 11.1 Å². The number of nitrogens with zero attached hydrogens (tertiary/aromatic N) is 1. The van der Waals surface area contributed by atoms with Crippen LogP contribution in [0.25, 0.3) is 0 Å². The van der Waals surface area contributed by atoms with Gasteiger partial charge in [0.05, 0.1) is 12.1 Å². The number of hydrogen-bond donors (Lipinski definition) is 5. The van der Waals surface area contributed by atoms with Crippen molar-refractivity contribution in [3.8, 4) is 0 Å². The van der Waals surface area contributed by atoms with Crippen molar-refractivity contribution in [3.63, 3.8) is 0 Å². The molecule has 2 atom stereocenters. The predicted octanol–water partition coefficient (Wildman–Crippen LogP) is 1.54. The first-order valence-corrected chi connectivity index (χ1v) is 6.60. The number of hydrogen-bond acceptors (Lipinski definition) is 4. The van der Waals surface area contributed by atoms with Crippen LogP contribution < -0.4 is 16.4 Å². The molecule has 2 amide bonds. The zero-order valence-electron chi connectivity index (χ0n) is 11.9. The standard InChI is InChI=1S/C14H19N5O2/c1-8-12(15)18-19-13(8)17-14(21)16-9(2)11(20)10-6-4-3-5-7-10/h3-7,9,11,20H,1-2H3,(H5,15,16,17,18,19,21)/t9-,11-/m1/s1. The summed E-state index contributed by atoms with van der Waals surface area (Å²) in [5.41, 5.74) is 7.02. The van der Waals surface area contributed by atoms with Gasteiger partial charge in [0.15, 0.2) is 5.82 Å². The van der Waals surface area contributed by atoms with Gasteiger partial charge in [0.25, 0.3) is 0 Å². The van der Waals surface area contributed by atoms with Crippen molar-refractivity contribution in [2.24, 2.45) is 0 Å². The lowest BCUT2D eigenvalue weighted by Gasteiger charge is -2.20. The Bertz CT molecular complexity index is 611. The van der Waals surface area contributed by atoms with Crippen molar-refractivity contribution < 1.29 is 9.90 Å². The van der Waals surface area contributed by atoms with Crippen LogP contribution in [0.3, 0.4) is 0 Å². The number of carbonyl (C=O) groups excluding carboxylic acids is 1. The van der Waals surface area contributed by atoms with Crippen molar-refractivity contribution in [1.82, 2.24) is 15.5 Å². The van der Waals surface area contributed by atoms with E-state index in [1.165, 1.54) is 0 Å². The molecule has 0 unspecified atom stereocenters. The summed E-state index contributed by atoms with van der Waals surface area (Å²) in [6.07, 6.45) is -0.790. The molecule has 0 bridgehead atoms. The van der Waals surface area contributed by atoms with Crippen LogP contribution in [0.15, 0.2) is 30.3 Å². The maximum absolute atomic E-state index is 11.9. The highest BCUT2D eigenvalue weighted by Crippen LogP contribution is 2.18. The molecule has 1 aromatic heterocycles. The van der Waals surface area contributed by atoms with Crippen molar-refractivity contribution in [1.29, 1.82) is 0 Å². The molecular formula is C14H19N5O2. The number of urea groups is 1. The number of nitrogen functional groups attached to an aromatic ring is 1. The second kappa shape index (κ2) is 6.27. The molecule has 1 heterocycles. The Hall–Kier alpha value is -2.54. The Labute approximate surface area is 122 Å². The highest BCUT2D eigenvalue weighted by atomic mass is 16.3. The van der Waals surface area contributed by atoms with Crippen molar-refractivity contribution in [3.05, 3.63) is 41.5 Å². The smallest absolute Gasteiger partial charge is 0.320 e. The molecule has 2 aromatic rings. The molecule has 6 N–H and O–H groups in total. The van der Waals surface area contributed by atoms with Gasteiger partial charge in [-0.1, -0.05) is 30.3 Å². The maximum atomic E-state index is 11.9. The van der Waals surface area contributed by atoms with Crippen LogP contribution in [0, 0.1) is 6.92 Å². The van der Waals surface area contributed by atoms with E-state index in [0.29, 0.717) is 17.2 Å². The number of carbonyl (C=O) groups is 1. The topological polar surface area (TPSA) is 116 Å². The largest absolute Gasteiger partial charge is 0.386 e. The Balaban J connectivity index is 1.95. The van der Waals surface area contributed by atoms with Crippen LogP contribution in [-0.4, -0.2) is 27.4 Å². The molecule has 7 heteroatoms. The Morgan fingerprint density at radius 3 is 2.62 bits per heavy atom. The molecule has 0 saturated heterocycles. The van der Waals surface area contributed by atoms with E-state index in [1.54, 1.807) is 26.0 Å². The Morgan fingerprint density at radius 2 is 2.05 bits per heavy atom. The number of anilines is 2. The SMILES string of the molecule is Cc1c(NC(=O)N[C@H](C)[C@@H](O)c2ccccc2)n[nH]c1N. The zero-order chi connectivity index (χ0) is 15.4. The van der Waals surface area contributed by atoms with E-state index < -0.39 is 18.2 Å². The van der Waals surface area contributed by atoms with Crippen LogP contribution in [-0.2, 0) is 0 Å². The maximum Gasteiger partial charge on any atom is 0.320 e. The molecule has 0 spiro atoms. The fraction of sp³-hybridized carbons (Fsp3) is 0.286. The third-order valence-electron chi connectivity index (χ3n) is 3.25. The summed E-state index contributed by atoms with van der Waals surface area (Å²) < 4.78 is 0. The molecule has 7 nitrogen and oxygen atoms in total. The van der Waals surface area contributed by atoms with Crippen molar-refractivity contribution in [2.45, 2.75) is 26.0 Å². The molecule has 0 saturated carbocycles. The first kappa shape index (κ1) is 14.9. The number of nitrogens with two attached hydrogens (primary N) is 1. The molecule has 0 aliphatic heterocycles. The summed E-state index contributed by atoms with van der Waals surface area (Å²) >= 11 is 0. The molecule has 0 radical (unpaired) electrons.